The number of aryl methyl sites for hydroxylation is 1. The summed E-state index contributed by atoms with van der Waals surface area (Å²) in [5, 5.41) is 4.91. The second-order valence-corrected chi connectivity index (χ2v) is 4.93. The molecule has 1 aromatic carbocycles. The molecule has 0 aliphatic heterocycles. The second-order valence-electron chi connectivity index (χ2n) is 3.19. The molecule has 0 aliphatic rings. The zero-order valence-corrected chi connectivity index (χ0v) is 9.46. The first-order chi connectivity index (χ1) is 7.01. The molecule has 0 atom stereocenters. The molecule has 4 nitrogen and oxygen atoms in total. The lowest BCUT2D eigenvalue weighted by molar-refractivity contribution is 0.340. The van der Waals surface area contributed by atoms with Gasteiger partial charge >= 0.3 is 0 Å². The largest absolute Gasteiger partial charge is 0.494 e. The molecule has 0 radical (unpaired) electrons. The van der Waals surface area contributed by atoms with Crippen LogP contribution in [0.4, 0.5) is 0 Å². The van der Waals surface area contributed by atoms with E-state index in [9.17, 15) is 8.42 Å². The van der Waals surface area contributed by atoms with Gasteiger partial charge in [0.15, 0.2) is 0 Å². The van der Waals surface area contributed by atoms with Gasteiger partial charge in [0.2, 0.25) is 10.0 Å². The molecule has 84 valence electrons. The lowest BCUT2D eigenvalue weighted by Gasteiger charge is -2.04. The molecule has 0 spiro atoms. The van der Waals surface area contributed by atoms with E-state index in [1.165, 1.54) is 0 Å². The van der Waals surface area contributed by atoms with Crippen molar-refractivity contribution in [1.82, 2.24) is 0 Å². The Bertz CT molecular complexity index is 397. The molecule has 0 saturated carbocycles. The maximum Gasteiger partial charge on any atom is 0.209 e. The van der Waals surface area contributed by atoms with Crippen LogP contribution in [0.15, 0.2) is 24.3 Å². The molecule has 2 N–H and O–H groups in total. The van der Waals surface area contributed by atoms with E-state index in [1.807, 2.05) is 31.2 Å². The van der Waals surface area contributed by atoms with Crippen molar-refractivity contribution in [2.75, 3.05) is 12.4 Å². The molecule has 0 aromatic heterocycles. The third-order valence-electron chi connectivity index (χ3n) is 1.91. The summed E-state index contributed by atoms with van der Waals surface area (Å²) in [6.07, 6.45) is 0.436. The standard InChI is InChI=1S/C10H15NO3S/c1-2-14-10-5-3-9(4-6-10)7-8-15(11,12)13/h3-6H,2,7-8H2,1H3,(H2,11,12,13). The Morgan fingerprint density at radius 2 is 1.87 bits per heavy atom. The van der Waals surface area contributed by atoms with Gasteiger partial charge in [-0.2, -0.15) is 0 Å². The van der Waals surface area contributed by atoms with Crippen molar-refractivity contribution in [1.29, 1.82) is 0 Å². The molecule has 0 heterocycles. The number of hydrogen-bond acceptors (Lipinski definition) is 3. The van der Waals surface area contributed by atoms with Crippen LogP contribution in [0.1, 0.15) is 12.5 Å². The molecular weight excluding hydrogens is 214 g/mol. The highest BCUT2D eigenvalue weighted by molar-refractivity contribution is 7.89. The van der Waals surface area contributed by atoms with Gasteiger partial charge in [-0.3, -0.25) is 0 Å². The van der Waals surface area contributed by atoms with Crippen LogP contribution in [0.5, 0.6) is 5.75 Å². The molecule has 5 heteroatoms. The van der Waals surface area contributed by atoms with Gasteiger partial charge in [-0.05, 0) is 31.0 Å². The van der Waals surface area contributed by atoms with Gasteiger partial charge in [0.25, 0.3) is 0 Å². The van der Waals surface area contributed by atoms with Crippen LogP contribution in [0.2, 0.25) is 0 Å². The van der Waals surface area contributed by atoms with Crippen LogP contribution in [0.3, 0.4) is 0 Å². The van der Waals surface area contributed by atoms with E-state index in [0.29, 0.717) is 13.0 Å². The summed E-state index contributed by atoms with van der Waals surface area (Å²) < 4.78 is 26.7. The Kier molecular flexibility index (Phi) is 4.11. The van der Waals surface area contributed by atoms with Crippen LogP contribution in [0.25, 0.3) is 0 Å². The number of sulfonamides is 1. The van der Waals surface area contributed by atoms with Crippen LogP contribution >= 0.6 is 0 Å². The van der Waals surface area contributed by atoms with E-state index in [1.54, 1.807) is 0 Å². The van der Waals surface area contributed by atoms with Gasteiger partial charge < -0.3 is 4.74 Å². The summed E-state index contributed by atoms with van der Waals surface area (Å²) in [4.78, 5) is 0. The number of benzene rings is 1. The molecule has 0 unspecified atom stereocenters. The lowest BCUT2D eigenvalue weighted by atomic mass is 10.2. The first-order valence-electron chi connectivity index (χ1n) is 4.73. The molecule has 1 aromatic rings. The number of ether oxygens (including phenoxy) is 1. The maximum absolute atomic E-state index is 10.7. The van der Waals surface area contributed by atoms with Gasteiger partial charge in [-0.15, -0.1) is 0 Å². The quantitative estimate of drug-likeness (QED) is 0.816. The minimum atomic E-state index is -3.37. The predicted molar refractivity (Wildman–Crippen MR) is 59.3 cm³/mol. The molecule has 1 rings (SSSR count). The third kappa shape index (κ3) is 4.80. The lowest BCUT2D eigenvalue weighted by Crippen LogP contribution is -2.17. The van der Waals surface area contributed by atoms with E-state index in [2.05, 4.69) is 0 Å². The minimum Gasteiger partial charge on any atom is -0.494 e. The summed E-state index contributed by atoms with van der Waals surface area (Å²) in [6.45, 7) is 2.53. The molecule has 0 aliphatic carbocycles. The number of hydrogen-bond donors (Lipinski definition) is 1. The average Bonchev–Trinajstić information content (AvgIpc) is 2.16. The molecule has 15 heavy (non-hydrogen) atoms. The molecular formula is C10H15NO3S. The van der Waals surface area contributed by atoms with E-state index in [-0.39, 0.29) is 5.75 Å². The molecule has 0 amide bonds. The first-order valence-corrected chi connectivity index (χ1v) is 6.45. The number of rotatable bonds is 5. The fourth-order valence-corrected chi connectivity index (χ4v) is 1.70. The summed E-state index contributed by atoms with van der Waals surface area (Å²) >= 11 is 0. The van der Waals surface area contributed by atoms with Crippen LogP contribution in [-0.4, -0.2) is 20.8 Å². The normalized spacial score (nSPS) is 11.3. The monoisotopic (exact) mass is 229 g/mol. The number of nitrogens with two attached hydrogens (primary N) is 1. The Hall–Kier alpha value is -1.07. The minimum absolute atomic E-state index is 0.0268. The summed E-state index contributed by atoms with van der Waals surface area (Å²) in [7, 11) is -3.37. The Morgan fingerprint density at radius 3 is 2.33 bits per heavy atom. The van der Waals surface area contributed by atoms with E-state index in [4.69, 9.17) is 9.88 Å². The van der Waals surface area contributed by atoms with E-state index >= 15 is 0 Å². The van der Waals surface area contributed by atoms with E-state index in [0.717, 1.165) is 11.3 Å². The van der Waals surface area contributed by atoms with Gasteiger partial charge in [-0.25, -0.2) is 13.6 Å². The van der Waals surface area contributed by atoms with Crippen LogP contribution < -0.4 is 9.88 Å². The zero-order valence-electron chi connectivity index (χ0n) is 8.64. The highest BCUT2D eigenvalue weighted by Gasteiger charge is 2.03. The van der Waals surface area contributed by atoms with Crippen LogP contribution in [-0.2, 0) is 16.4 Å². The van der Waals surface area contributed by atoms with Crippen molar-refractivity contribution in [3.63, 3.8) is 0 Å². The topological polar surface area (TPSA) is 69.4 Å². The second kappa shape index (κ2) is 5.14. The van der Waals surface area contributed by atoms with Gasteiger partial charge in [0.1, 0.15) is 5.75 Å². The van der Waals surface area contributed by atoms with Crippen molar-refractivity contribution < 1.29 is 13.2 Å². The average molecular weight is 229 g/mol. The summed E-state index contributed by atoms with van der Waals surface area (Å²) in [6, 6.07) is 7.33. The summed E-state index contributed by atoms with van der Waals surface area (Å²) in [5.41, 5.74) is 0.937. The summed E-state index contributed by atoms with van der Waals surface area (Å²) in [5.74, 6) is 0.762. The van der Waals surface area contributed by atoms with Crippen molar-refractivity contribution >= 4 is 10.0 Å². The highest BCUT2D eigenvalue weighted by Crippen LogP contribution is 2.12. The van der Waals surface area contributed by atoms with Crippen molar-refractivity contribution in [3.8, 4) is 5.75 Å². The Balaban J connectivity index is 2.57. The van der Waals surface area contributed by atoms with Crippen molar-refractivity contribution in [2.24, 2.45) is 5.14 Å². The van der Waals surface area contributed by atoms with Gasteiger partial charge in [0, 0.05) is 0 Å². The highest BCUT2D eigenvalue weighted by atomic mass is 32.2. The maximum atomic E-state index is 10.7. The SMILES string of the molecule is CCOc1ccc(CCS(N)(=O)=O)cc1. The Morgan fingerprint density at radius 1 is 1.27 bits per heavy atom. The predicted octanol–water partition coefficient (Wildman–Crippen LogP) is 0.916. The van der Waals surface area contributed by atoms with Crippen molar-refractivity contribution in [3.05, 3.63) is 29.8 Å². The number of primary sulfonamides is 1. The fraction of sp³-hybridized carbons (Fsp3) is 0.400. The van der Waals surface area contributed by atoms with Gasteiger partial charge in [0.05, 0.1) is 12.4 Å². The zero-order chi connectivity index (χ0) is 11.3. The molecule has 0 bridgehead atoms. The van der Waals surface area contributed by atoms with Crippen LogP contribution in [0, 0.1) is 0 Å². The Labute approximate surface area is 90.1 Å². The third-order valence-corrected chi connectivity index (χ3v) is 2.68. The smallest absolute Gasteiger partial charge is 0.209 e. The molecule has 0 fully saturated rings. The van der Waals surface area contributed by atoms with E-state index < -0.39 is 10.0 Å². The van der Waals surface area contributed by atoms with Gasteiger partial charge in [-0.1, -0.05) is 12.1 Å². The molecule has 0 saturated heterocycles. The first kappa shape index (κ1) is 12.0. The van der Waals surface area contributed by atoms with Crippen molar-refractivity contribution in [2.45, 2.75) is 13.3 Å². The fourth-order valence-electron chi connectivity index (χ4n) is 1.18.